The minimum Gasteiger partial charge on any atom is -0.494 e. The molecule has 1 N–H and O–H groups in total. The van der Waals surface area contributed by atoms with Crippen LogP contribution in [0.15, 0.2) is 24.4 Å². The molecule has 8 heteroatoms. The Bertz CT molecular complexity index is 1120. The first-order valence-electron chi connectivity index (χ1n) is 9.54. The summed E-state index contributed by atoms with van der Waals surface area (Å²) in [6.45, 7) is 0. The summed E-state index contributed by atoms with van der Waals surface area (Å²) in [6.07, 6.45) is 3.68. The zero-order valence-corrected chi connectivity index (χ0v) is 17.3. The maximum atomic E-state index is 12.6. The molecule has 1 aliphatic rings. The maximum absolute atomic E-state index is 12.6. The zero-order valence-electron chi connectivity index (χ0n) is 17.3. The summed E-state index contributed by atoms with van der Waals surface area (Å²) in [7, 11) is 8.76. The van der Waals surface area contributed by atoms with Gasteiger partial charge < -0.3 is 24.1 Å². The Morgan fingerprint density at radius 2 is 1.97 bits per heavy atom. The highest BCUT2D eigenvalue weighted by atomic mass is 16.5. The molecule has 0 aliphatic heterocycles. The molecular formula is C21H25N5O3. The molecule has 2 aromatic heterocycles. The molecule has 1 fully saturated rings. The highest BCUT2D eigenvalue weighted by Crippen LogP contribution is 2.36. The van der Waals surface area contributed by atoms with Crippen LogP contribution in [0.1, 0.15) is 23.2 Å². The van der Waals surface area contributed by atoms with Gasteiger partial charge in [0.05, 0.1) is 23.7 Å². The number of nitrogens with zero attached hydrogens (tertiary/aromatic N) is 4. The molecule has 0 unspecified atom stereocenters. The number of benzene rings is 1. The number of rotatable bonds is 5. The highest BCUT2D eigenvalue weighted by Gasteiger charge is 2.30. The first-order valence-corrected chi connectivity index (χ1v) is 9.54. The molecule has 4 rings (SSSR count). The van der Waals surface area contributed by atoms with Gasteiger partial charge in [0.2, 0.25) is 5.91 Å². The molecule has 1 saturated carbocycles. The lowest BCUT2D eigenvalue weighted by Crippen LogP contribution is -2.21. The van der Waals surface area contributed by atoms with Crippen LogP contribution in [0.25, 0.3) is 22.6 Å². The third kappa shape index (κ3) is 3.24. The van der Waals surface area contributed by atoms with Crippen LogP contribution in [0.5, 0.6) is 5.75 Å². The van der Waals surface area contributed by atoms with Crippen LogP contribution in [0.4, 0.5) is 5.69 Å². The van der Waals surface area contributed by atoms with Gasteiger partial charge in [-0.3, -0.25) is 9.59 Å². The number of amides is 2. The largest absolute Gasteiger partial charge is 0.494 e. The topological polar surface area (TPSA) is 81.4 Å². The highest BCUT2D eigenvalue weighted by molar-refractivity contribution is 5.99. The van der Waals surface area contributed by atoms with Gasteiger partial charge in [-0.05, 0) is 31.0 Å². The Labute approximate surface area is 169 Å². The molecule has 8 nitrogen and oxygen atoms in total. The SMILES string of the molecule is COc1c(C(=O)N(C)C)cn(C)c1-c1nc2cc(NC(=O)C3CC3)ccc2n1C. The van der Waals surface area contributed by atoms with Gasteiger partial charge in [0.15, 0.2) is 11.6 Å². The van der Waals surface area contributed by atoms with Crippen molar-refractivity contribution in [3.8, 4) is 17.3 Å². The number of carbonyl (C=O) groups excluding carboxylic acids is 2. The van der Waals surface area contributed by atoms with Crippen LogP contribution in [0, 0.1) is 5.92 Å². The maximum Gasteiger partial charge on any atom is 0.258 e. The van der Waals surface area contributed by atoms with E-state index < -0.39 is 0 Å². The van der Waals surface area contributed by atoms with E-state index in [-0.39, 0.29) is 17.7 Å². The number of carbonyl (C=O) groups is 2. The Kier molecular flexibility index (Phi) is 4.56. The summed E-state index contributed by atoms with van der Waals surface area (Å²) in [5.41, 5.74) is 3.63. The van der Waals surface area contributed by atoms with Gasteiger partial charge in [-0.15, -0.1) is 0 Å². The molecule has 0 radical (unpaired) electrons. The molecule has 29 heavy (non-hydrogen) atoms. The van der Waals surface area contributed by atoms with Crippen molar-refractivity contribution < 1.29 is 14.3 Å². The number of aryl methyl sites for hydroxylation is 2. The van der Waals surface area contributed by atoms with Gasteiger partial charge in [0, 0.05) is 46.0 Å². The standard InChI is InChI=1S/C21H25N5O3/c1-24(2)21(28)14-11-25(3)17(18(14)29-5)19-23-15-10-13(8-9-16(15)26(19)4)22-20(27)12-6-7-12/h8-12H,6-7H2,1-5H3,(H,22,27). The molecule has 1 aliphatic carbocycles. The smallest absolute Gasteiger partial charge is 0.258 e. The van der Waals surface area contributed by atoms with E-state index in [1.807, 2.05) is 41.4 Å². The number of imidazole rings is 1. The molecule has 0 atom stereocenters. The van der Waals surface area contributed by atoms with Gasteiger partial charge in [0.25, 0.3) is 5.91 Å². The lowest BCUT2D eigenvalue weighted by Gasteiger charge is -2.11. The van der Waals surface area contributed by atoms with Gasteiger partial charge in [0.1, 0.15) is 5.69 Å². The lowest BCUT2D eigenvalue weighted by molar-refractivity contribution is -0.117. The molecule has 2 heterocycles. The van der Waals surface area contributed by atoms with Crippen LogP contribution in [0.3, 0.4) is 0 Å². The minimum absolute atomic E-state index is 0.0662. The third-order valence-electron chi connectivity index (χ3n) is 5.28. The first-order chi connectivity index (χ1) is 13.8. The van der Waals surface area contributed by atoms with Crippen molar-refractivity contribution in [1.29, 1.82) is 0 Å². The third-order valence-corrected chi connectivity index (χ3v) is 5.28. The van der Waals surface area contributed by atoms with Crippen molar-refractivity contribution in [1.82, 2.24) is 19.0 Å². The Morgan fingerprint density at radius 1 is 1.24 bits per heavy atom. The second-order valence-electron chi connectivity index (χ2n) is 7.70. The number of hydrogen-bond donors (Lipinski definition) is 1. The average Bonchev–Trinajstić information content (AvgIpc) is 3.42. The number of fused-ring (bicyclic) bond motifs is 1. The second-order valence-corrected chi connectivity index (χ2v) is 7.70. The molecule has 0 saturated heterocycles. The zero-order chi connectivity index (χ0) is 20.9. The molecular weight excluding hydrogens is 370 g/mol. The predicted octanol–water partition coefficient (Wildman–Crippen LogP) is 2.64. The van der Waals surface area contributed by atoms with E-state index >= 15 is 0 Å². The summed E-state index contributed by atoms with van der Waals surface area (Å²) in [5.74, 6) is 1.25. The summed E-state index contributed by atoms with van der Waals surface area (Å²) >= 11 is 0. The fraction of sp³-hybridized carbons (Fsp3) is 0.381. The molecule has 3 aromatic rings. The van der Waals surface area contributed by atoms with E-state index in [0.29, 0.717) is 17.1 Å². The average molecular weight is 395 g/mol. The number of aromatic nitrogens is 3. The van der Waals surface area contributed by atoms with Crippen LogP contribution in [0.2, 0.25) is 0 Å². The van der Waals surface area contributed by atoms with E-state index in [1.165, 1.54) is 4.90 Å². The summed E-state index contributed by atoms with van der Waals surface area (Å²) in [5, 5.41) is 2.96. The Balaban J connectivity index is 1.78. The van der Waals surface area contributed by atoms with Gasteiger partial charge >= 0.3 is 0 Å². The van der Waals surface area contributed by atoms with E-state index in [9.17, 15) is 9.59 Å². The monoisotopic (exact) mass is 395 g/mol. The normalized spacial score (nSPS) is 13.6. The number of ether oxygens (including phenoxy) is 1. The summed E-state index contributed by atoms with van der Waals surface area (Å²) in [6, 6.07) is 5.70. The lowest BCUT2D eigenvalue weighted by atomic mass is 10.2. The van der Waals surface area contributed by atoms with Crippen molar-refractivity contribution in [2.75, 3.05) is 26.5 Å². The van der Waals surface area contributed by atoms with E-state index in [2.05, 4.69) is 5.32 Å². The van der Waals surface area contributed by atoms with Crippen molar-refractivity contribution in [3.05, 3.63) is 30.0 Å². The van der Waals surface area contributed by atoms with Crippen molar-refractivity contribution in [2.24, 2.45) is 20.0 Å². The quantitative estimate of drug-likeness (QED) is 0.720. The van der Waals surface area contributed by atoms with Crippen LogP contribution < -0.4 is 10.1 Å². The molecule has 0 spiro atoms. The first kappa shape index (κ1) is 19.0. The molecule has 2 amide bonds. The molecule has 0 bridgehead atoms. The van der Waals surface area contributed by atoms with Crippen molar-refractivity contribution >= 4 is 28.5 Å². The van der Waals surface area contributed by atoms with Crippen molar-refractivity contribution in [3.63, 3.8) is 0 Å². The van der Waals surface area contributed by atoms with Gasteiger partial charge in [-0.25, -0.2) is 4.98 Å². The fourth-order valence-electron chi connectivity index (χ4n) is 3.54. The number of nitrogens with one attached hydrogen (secondary N) is 1. The van der Waals surface area contributed by atoms with Crippen molar-refractivity contribution in [2.45, 2.75) is 12.8 Å². The fourth-order valence-corrected chi connectivity index (χ4v) is 3.54. The van der Waals surface area contributed by atoms with E-state index in [1.54, 1.807) is 27.4 Å². The Hall–Kier alpha value is -3.29. The van der Waals surface area contributed by atoms with E-state index in [4.69, 9.17) is 9.72 Å². The molecule has 152 valence electrons. The van der Waals surface area contributed by atoms with Gasteiger partial charge in [-0.1, -0.05) is 0 Å². The Morgan fingerprint density at radius 3 is 2.59 bits per heavy atom. The van der Waals surface area contributed by atoms with Crippen LogP contribution in [-0.4, -0.2) is 52.0 Å². The summed E-state index contributed by atoms with van der Waals surface area (Å²) in [4.78, 5) is 30.9. The number of anilines is 1. The van der Waals surface area contributed by atoms with E-state index in [0.717, 1.165) is 35.3 Å². The number of methoxy groups -OCH3 is 1. The minimum atomic E-state index is -0.132. The number of hydrogen-bond acceptors (Lipinski definition) is 4. The van der Waals surface area contributed by atoms with Crippen LogP contribution >= 0.6 is 0 Å². The molecule has 1 aromatic carbocycles. The predicted molar refractivity (Wildman–Crippen MR) is 111 cm³/mol. The summed E-state index contributed by atoms with van der Waals surface area (Å²) < 4.78 is 9.42. The second kappa shape index (κ2) is 6.95. The van der Waals surface area contributed by atoms with Gasteiger partial charge in [-0.2, -0.15) is 0 Å². The van der Waals surface area contributed by atoms with Crippen LogP contribution in [-0.2, 0) is 18.9 Å².